The van der Waals surface area contributed by atoms with Gasteiger partial charge in [-0.15, -0.1) is 11.3 Å². The number of hydrogen-bond donors (Lipinski definition) is 2. The minimum atomic E-state index is -4.76. The van der Waals surface area contributed by atoms with E-state index in [1.54, 1.807) is 6.92 Å². The second kappa shape index (κ2) is 12.7. The molecule has 8 nitrogen and oxygen atoms in total. The number of sulfonamides is 1. The molecular weight excluding hydrogens is 665 g/mol. The summed E-state index contributed by atoms with van der Waals surface area (Å²) in [5, 5.41) is 14.1. The molecule has 3 aromatic rings. The van der Waals surface area contributed by atoms with Crippen LogP contribution in [-0.4, -0.2) is 66.6 Å². The first kappa shape index (κ1) is 34.7. The van der Waals surface area contributed by atoms with Crippen LogP contribution in [-0.2, 0) is 32.2 Å². The molecule has 252 valence electrons. The summed E-state index contributed by atoms with van der Waals surface area (Å²) in [6.45, 7) is 2.10. The minimum Gasteiger partial charge on any atom is -0.509 e. The molecule has 2 aromatic carbocycles. The van der Waals surface area contributed by atoms with Crippen LogP contribution in [0.4, 0.5) is 27.6 Å². The van der Waals surface area contributed by atoms with Gasteiger partial charge in [-0.2, -0.15) is 13.2 Å². The molecular formula is C32H32F5N3O5S2. The van der Waals surface area contributed by atoms with Crippen molar-refractivity contribution < 1.29 is 45.1 Å². The summed E-state index contributed by atoms with van der Waals surface area (Å²) < 4.78 is 95.8. The van der Waals surface area contributed by atoms with Gasteiger partial charge in [-0.3, -0.25) is 14.5 Å². The maximum atomic E-state index is 14.6. The first-order valence-corrected chi connectivity index (χ1v) is 16.9. The average molecular weight is 698 g/mol. The van der Waals surface area contributed by atoms with Crippen molar-refractivity contribution >= 4 is 38.7 Å². The molecule has 0 spiro atoms. The van der Waals surface area contributed by atoms with Crippen molar-refractivity contribution in [1.82, 2.24) is 9.21 Å². The molecule has 2 N–H and O–H groups in total. The topological polar surface area (TPSA) is 107 Å². The van der Waals surface area contributed by atoms with Crippen LogP contribution in [0.15, 0.2) is 64.1 Å². The van der Waals surface area contributed by atoms with E-state index in [0.717, 1.165) is 28.6 Å². The highest BCUT2D eigenvalue weighted by atomic mass is 32.2. The number of nitrogens with one attached hydrogen (secondary N) is 1. The number of fused-ring (bicyclic) bond motifs is 1. The third-order valence-corrected chi connectivity index (χ3v) is 12.2. The molecule has 1 aromatic heterocycles. The largest absolute Gasteiger partial charge is 0.509 e. The second-order valence-electron chi connectivity index (χ2n) is 11.9. The highest BCUT2D eigenvalue weighted by Gasteiger charge is 2.48. The number of benzene rings is 2. The molecule has 0 saturated carbocycles. The van der Waals surface area contributed by atoms with Crippen LogP contribution in [0.25, 0.3) is 10.4 Å². The van der Waals surface area contributed by atoms with E-state index in [0.29, 0.717) is 30.7 Å². The molecule has 0 radical (unpaired) electrons. The third kappa shape index (κ3) is 6.58. The summed E-state index contributed by atoms with van der Waals surface area (Å²) in [5.74, 6) is -4.29. The highest BCUT2D eigenvalue weighted by Crippen LogP contribution is 2.43. The van der Waals surface area contributed by atoms with Crippen molar-refractivity contribution in [3.8, 4) is 10.4 Å². The number of nitrogens with zero attached hydrogens (tertiary/aromatic N) is 2. The molecule has 1 saturated heterocycles. The number of halogens is 5. The molecule has 5 rings (SSSR count). The quantitative estimate of drug-likeness (QED) is 0.215. The van der Waals surface area contributed by atoms with Gasteiger partial charge < -0.3 is 10.4 Å². The number of anilines is 1. The van der Waals surface area contributed by atoms with Gasteiger partial charge in [0.1, 0.15) is 15.5 Å². The van der Waals surface area contributed by atoms with Gasteiger partial charge in [-0.05, 0) is 81.1 Å². The predicted molar refractivity (Wildman–Crippen MR) is 166 cm³/mol. The van der Waals surface area contributed by atoms with E-state index in [9.17, 15) is 45.1 Å². The molecule has 47 heavy (non-hydrogen) atoms. The molecule has 1 fully saturated rings. The van der Waals surface area contributed by atoms with Crippen LogP contribution in [0.2, 0.25) is 0 Å². The summed E-state index contributed by atoms with van der Waals surface area (Å²) in [4.78, 5) is 29.3. The van der Waals surface area contributed by atoms with E-state index in [4.69, 9.17) is 0 Å². The molecule has 2 aliphatic rings. The number of aliphatic hydroxyl groups is 1. The molecule has 2 atom stereocenters. The lowest BCUT2D eigenvalue weighted by Gasteiger charge is -2.42. The van der Waals surface area contributed by atoms with Gasteiger partial charge in [0, 0.05) is 42.7 Å². The van der Waals surface area contributed by atoms with Gasteiger partial charge >= 0.3 is 6.18 Å². The Morgan fingerprint density at radius 2 is 1.87 bits per heavy atom. The third-order valence-electron chi connectivity index (χ3n) is 8.76. The zero-order valence-corrected chi connectivity index (χ0v) is 27.3. The lowest BCUT2D eigenvalue weighted by atomic mass is 9.84. The Morgan fingerprint density at radius 3 is 2.55 bits per heavy atom. The van der Waals surface area contributed by atoms with Crippen molar-refractivity contribution in [2.75, 3.05) is 26.0 Å². The SMILES string of the molecule is CN(C)S(=O)(=O)c1ccc(-c2cc(C(F)(F)F)ccc2NC(=O)C2=C(O)C3(C)CCCN3C(Cc3cccc(F)c3F)CCC2=O)s1. The predicted octanol–water partition coefficient (Wildman–Crippen LogP) is 6.54. The lowest BCUT2D eigenvalue weighted by molar-refractivity contribution is -0.137. The maximum Gasteiger partial charge on any atom is 0.416 e. The molecule has 15 heteroatoms. The van der Waals surface area contributed by atoms with Crippen LogP contribution in [0.3, 0.4) is 0 Å². The van der Waals surface area contributed by atoms with E-state index < -0.39 is 68.0 Å². The van der Waals surface area contributed by atoms with Crippen molar-refractivity contribution in [3.05, 3.63) is 82.6 Å². The van der Waals surface area contributed by atoms with Crippen LogP contribution >= 0.6 is 11.3 Å². The van der Waals surface area contributed by atoms with Crippen molar-refractivity contribution in [2.45, 2.75) is 61.0 Å². The van der Waals surface area contributed by atoms with Crippen molar-refractivity contribution in [2.24, 2.45) is 0 Å². The first-order chi connectivity index (χ1) is 21.9. The Kier molecular flexibility index (Phi) is 9.40. The standard InChI is InChI=1S/C32H32F5N3O5S2/c1-31-14-5-15-40(31)20(16-18-6-4-7-22(33)28(18)34)9-11-24(41)27(29(31)42)30(43)38-23-10-8-19(32(35,36)37)17-21(23)25-12-13-26(46-25)47(44,45)39(2)3/h4,6-8,10,12-13,17,20,42H,5,9,11,14-16H2,1-3H3,(H,38,43). The summed E-state index contributed by atoms with van der Waals surface area (Å²) in [7, 11) is -1.29. The van der Waals surface area contributed by atoms with E-state index in [1.165, 1.54) is 38.4 Å². The second-order valence-corrected chi connectivity index (χ2v) is 15.4. The summed E-state index contributed by atoms with van der Waals surface area (Å²) in [6.07, 6.45) is -3.84. The van der Waals surface area contributed by atoms with Crippen molar-refractivity contribution in [3.63, 3.8) is 0 Å². The Morgan fingerprint density at radius 1 is 1.15 bits per heavy atom. The highest BCUT2D eigenvalue weighted by molar-refractivity contribution is 7.91. The Hall–Kier alpha value is -3.66. The zero-order valence-electron chi connectivity index (χ0n) is 25.6. The van der Waals surface area contributed by atoms with E-state index >= 15 is 0 Å². The summed E-state index contributed by atoms with van der Waals surface area (Å²) in [5.41, 5.74) is -2.98. The van der Waals surface area contributed by atoms with Gasteiger partial charge in [-0.25, -0.2) is 21.5 Å². The van der Waals surface area contributed by atoms with Crippen LogP contribution in [0, 0.1) is 11.6 Å². The average Bonchev–Trinajstić information content (AvgIpc) is 3.65. The van der Waals surface area contributed by atoms with Crippen LogP contribution in [0.1, 0.15) is 43.7 Å². The number of carbonyl (C=O) groups is 2. The number of alkyl halides is 3. The molecule has 0 bridgehead atoms. The first-order valence-electron chi connectivity index (χ1n) is 14.7. The van der Waals surface area contributed by atoms with Crippen LogP contribution in [0.5, 0.6) is 0 Å². The number of aliphatic hydroxyl groups excluding tert-OH is 1. The number of rotatable bonds is 7. The molecule has 2 aliphatic heterocycles. The monoisotopic (exact) mass is 697 g/mol. The molecule has 3 heterocycles. The number of hydrogen-bond acceptors (Lipinski definition) is 7. The minimum absolute atomic E-state index is 0.0581. The fraction of sp³-hybridized carbons (Fsp3) is 0.375. The van der Waals surface area contributed by atoms with Gasteiger partial charge in [0.25, 0.3) is 15.9 Å². The fourth-order valence-electron chi connectivity index (χ4n) is 6.21. The Balaban J connectivity index is 1.52. The maximum absolute atomic E-state index is 14.6. The van der Waals surface area contributed by atoms with E-state index in [-0.39, 0.29) is 45.2 Å². The van der Waals surface area contributed by atoms with Gasteiger partial charge in [0.2, 0.25) is 0 Å². The molecule has 0 aliphatic carbocycles. The number of amides is 1. The Bertz CT molecular complexity index is 1870. The van der Waals surface area contributed by atoms with E-state index in [2.05, 4.69) is 5.32 Å². The molecule has 2 unspecified atom stereocenters. The van der Waals surface area contributed by atoms with Crippen molar-refractivity contribution in [1.29, 1.82) is 0 Å². The number of carbonyl (C=O) groups excluding carboxylic acids is 2. The van der Waals surface area contributed by atoms with Gasteiger partial charge in [-0.1, -0.05) is 12.1 Å². The fourth-order valence-corrected chi connectivity index (χ4v) is 8.72. The molecule has 1 amide bonds. The number of thiophene rings is 1. The lowest BCUT2D eigenvalue weighted by Crippen LogP contribution is -2.52. The smallest absolute Gasteiger partial charge is 0.416 e. The number of ketones is 1. The van der Waals surface area contributed by atoms with Gasteiger partial charge in [0.15, 0.2) is 17.4 Å². The zero-order chi connectivity index (χ0) is 34.5. The Labute approximate surface area is 272 Å². The number of Topliss-reactive ketones (excluding diaryl/α,β-unsaturated/α-hetero) is 1. The summed E-state index contributed by atoms with van der Waals surface area (Å²) in [6, 6.07) is 8.47. The van der Waals surface area contributed by atoms with E-state index in [1.807, 2.05) is 4.90 Å². The normalized spacial score (nSPS) is 21.1. The van der Waals surface area contributed by atoms with Crippen LogP contribution < -0.4 is 5.32 Å². The summed E-state index contributed by atoms with van der Waals surface area (Å²) >= 11 is 0.706. The van der Waals surface area contributed by atoms with Gasteiger partial charge in [0.05, 0.1) is 11.1 Å².